The van der Waals surface area contributed by atoms with Gasteiger partial charge in [0.1, 0.15) is 5.82 Å². The summed E-state index contributed by atoms with van der Waals surface area (Å²) in [5.74, 6) is 5.70. The SMILES string of the molecule is CCCCOCCNC(=O)c1cc(CC)nc(NN)c1. The number of hydrazine groups is 1. The third kappa shape index (κ3) is 5.54. The lowest BCUT2D eigenvalue weighted by Gasteiger charge is -2.09. The minimum Gasteiger partial charge on any atom is -0.380 e. The van der Waals surface area contributed by atoms with E-state index in [2.05, 4.69) is 22.7 Å². The van der Waals surface area contributed by atoms with Crippen molar-refractivity contribution in [2.75, 3.05) is 25.2 Å². The summed E-state index contributed by atoms with van der Waals surface area (Å²) in [6.45, 7) is 5.86. The van der Waals surface area contributed by atoms with Crippen molar-refractivity contribution in [3.63, 3.8) is 0 Å². The summed E-state index contributed by atoms with van der Waals surface area (Å²) in [6, 6.07) is 3.40. The number of anilines is 1. The van der Waals surface area contributed by atoms with Gasteiger partial charge in [-0.05, 0) is 25.0 Å². The Morgan fingerprint density at radius 3 is 2.80 bits per heavy atom. The average Bonchev–Trinajstić information content (AvgIpc) is 2.49. The highest BCUT2D eigenvalue weighted by Crippen LogP contribution is 2.10. The number of pyridine rings is 1. The number of nitrogens with zero attached hydrogens (tertiary/aromatic N) is 1. The Bertz CT molecular complexity index is 401. The maximum Gasteiger partial charge on any atom is 0.251 e. The van der Waals surface area contributed by atoms with Crippen LogP contribution in [0.1, 0.15) is 42.7 Å². The lowest BCUT2D eigenvalue weighted by atomic mass is 10.2. The zero-order valence-corrected chi connectivity index (χ0v) is 12.2. The van der Waals surface area contributed by atoms with Gasteiger partial charge in [0, 0.05) is 24.4 Å². The van der Waals surface area contributed by atoms with Crippen molar-refractivity contribution in [2.45, 2.75) is 33.1 Å². The van der Waals surface area contributed by atoms with Crippen molar-refractivity contribution in [3.05, 3.63) is 23.4 Å². The Balaban J connectivity index is 2.46. The Morgan fingerprint density at radius 1 is 1.35 bits per heavy atom. The maximum atomic E-state index is 12.0. The van der Waals surface area contributed by atoms with Gasteiger partial charge < -0.3 is 15.5 Å². The van der Waals surface area contributed by atoms with Crippen LogP contribution in [0.15, 0.2) is 12.1 Å². The van der Waals surface area contributed by atoms with Gasteiger partial charge in [-0.3, -0.25) is 4.79 Å². The molecule has 1 heterocycles. The molecular weight excluding hydrogens is 256 g/mol. The average molecular weight is 280 g/mol. The van der Waals surface area contributed by atoms with Crippen molar-refractivity contribution in [3.8, 4) is 0 Å². The predicted octanol–water partition coefficient (Wildman–Crippen LogP) is 1.48. The number of aryl methyl sites for hydroxylation is 1. The first-order chi connectivity index (χ1) is 9.71. The molecule has 6 heteroatoms. The Morgan fingerprint density at radius 2 is 2.15 bits per heavy atom. The Labute approximate surface area is 120 Å². The summed E-state index contributed by atoms with van der Waals surface area (Å²) in [5, 5.41) is 2.82. The Hall–Kier alpha value is -1.66. The highest BCUT2D eigenvalue weighted by Gasteiger charge is 2.08. The van der Waals surface area contributed by atoms with Crippen LogP contribution in [0, 0.1) is 0 Å². The number of ether oxygens (including phenoxy) is 1. The molecular formula is C14H24N4O2. The molecule has 0 radical (unpaired) electrons. The van der Waals surface area contributed by atoms with Gasteiger partial charge in [0.2, 0.25) is 0 Å². The van der Waals surface area contributed by atoms with Crippen LogP contribution in [-0.4, -0.2) is 30.6 Å². The van der Waals surface area contributed by atoms with Crippen molar-refractivity contribution in [1.82, 2.24) is 10.3 Å². The van der Waals surface area contributed by atoms with Crippen molar-refractivity contribution < 1.29 is 9.53 Å². The number of nitrogens with one attached hydrogen (secondary N) is 2. The fourth-order valence-electron chi connectivity index (χ4n) is 1.66. The van der Waals surface area contributed by atoms with Crippen LogP contribution in [0.25, 0.3) is 0 Å². The van der Waals surface area contributed by atoms with E-state index in [1.54, 1.807) is 12.1 Å². The zero-order chi connectivity index (χ0) is 14.8. The van der Waals surface area contributed by atoms with E-state index in [1.807, 2.05) is 6.92 Å². The first kappa shape index (κ1) is 16.4. The van der Waals surface area contributed by atoms with Crippen LogP contribution in [0.2, 0.25) is 0 Å². The van der Waals surface area contributed by atoms with E-state index in [4.69, 9.17) is 10.6 Å². The van der Waals surface area contributed by atoms with E-state index < -0.39 is 0 Å². The molecule has 4 N–H and O–H groups in total. The third-order valence-electron chi connectivity index (χ3n) is 2.82. The van der Waals surface area contributed by atoms with E-state index in [9.17, 15) is 4.79 Å². The molecule has 0 aliphatic rings. The quantitative estimate of drug-likeness (QED) is 0.362. The van der Waals surface area contributed by atoms with E-state index in [1.165, 1.54) is 0 Å². The lowest BCUT2D eigenvalue weighted by Crippen LogP contribution is -2.27. The summed E-state index contributed by atoms with van der Waals surface area (Å²) < 4.78 is 5.39. The number of hydrogen-bond donors (Lipinski definition) is 3. The summed E-state index contributed by atoms with van der Waals surface area (Å²) in [4.78, 5) is 16.2. The van der Waals surface area contributed by atoms with E-state index in [-0.39, 0.29) is 5.91 Å². The molecule has 1 aromatic rings. The minimum atomic E-state index is -0.141. The van der Waals surface area contributed by atoms with Crippen LogP contribution in [-0.2, 0) is 11.2 Å². The molecule has 0 aliphatic heterocycles. The molecule has 20 heavy (non-hydrogen) atoms. The summed E-state index contributed by atoms with van der Waals surface area (Å²) >= 11 is 0. The summed E-state index contributed by atoms with van der Waals surface area (Å²) in [7, 11) is 0. The normalized spacial score (nSPS) is 10.3. The minimum absolute atomic E-state index is 0.141. The van der Waals surface area contributed by atoms with Gasteiger partial charge in [-0.2, -0.15) is 0 Å². The number of nitrogens with two attached hydrogens (primary N) is 1. The molecule has 0 saturated carbocycles. The largest absolute Gasteiger partial charge is 0.380 e. The molecule has 0 aromatic carbocycles. The number of rotatable bonds is 9. The smallest absolute Gasteiger partial charge is 0.251 e. The standard InChI is InChI=1S/C14H24N4O2/c1-3-5-7-20-8-6-16-14(19)11-9-12(4-2)17-13(10-11)18-15/h9-10H,3-8,15H2,1-2H3,(H,16,19)(H,17,18). The first-order valence-corrected chi connectivity index (χ1v) is 7.04. The van der Waals surface area contributed by atoms with Crippen LogP contribution in [0.4, 0.5) is 5.82 Å². The number of carbonyl (C=O) groups excluding carboxylic acids is 1. The van der Waals surface area contributed by atoms with Gasteiger partial charge in [-0.1, -0.05) is 20.3 Å². The molecule has 0 unspecified atom stereocenters. The fourth-order valence-corrected chi connectivity index (χ4v) is 1.66. The number of hydrogen-bond acceptors (Lipinski definition) is 5. The molecule has 0 atom stereocenters. The van der Waals surface area contributed by atoms with Crippen molar-refractivity contribution in [1.29, 1.82) is 0 Å². The van der Waals surface area contributed by atoms with Gasteiger partial charge in [0.25, 0.3) is 5.91 Å². The van der Waals surface area contributed by atoms with E-state index >= 15 is 0 Å². The van der Waals surface area contributed by atoms with Crippen molar-refractivity contribution in [2.24, 2.45) is 5.84 Å². The summed E-state index contributed by atoms with van der Waals surface area (Å²) in [5.41, 5.74) is 3.85. The summed E-state index contributed by atoms with van der Waals surface area (Å²) in [6.07, 6.45) is 2.90. The second-order valence-electron chi connectivity index (χ2n) is 4.45. The number of unbranched alkanes of at least 4 members (excludes halogenated alkanes) is 1. The third-order valence-corrected chi connectivity index (χ3v) is 2.82. The topological polar surface area (TPSA) is 89.3 Å². The van der Waals surface area contributed by atoms with Crippen LogP contribution in [0.5, 0.6) is 0 Å². The van der Waals surface area contributed by atoms with Crippen molar-refractivity contribution >= 4 is 11.7 Å². The van der Waals surface area contributed by atoms with E-state index in [0.717, 1.165) is 31.6 Å². The second-order valence-corrected chi connectivity index (χ2v) is 4.45. The molecule has 0 fully saturated rings. The molecule has 1 aromatic heterocycles. The molecule has 0 aliphatic carbocycles. The zero-order valence-electron chi connectivity index (χ0n) is 12.2. The number of nitrogen functional groups attached to an aromatic ring is 1. The lowest BCUT2D eigenvalue weighted by molar-refractivity contribution is 0.0912. The highest BCUT2D eigenvalue weighted by molar-refractivity contribution is 5.94. The molecule has 1 amide bonds. The first-order valence-electron chi connectivity index (χ1n) is 7.04. The highest BCUT2D eigenvalue weighted by atomic mass is 16.5. The molecule has 0 spiro atoms. The van der Waals surface area contributed by atoms with Crippen LogP contribution >= 0.6 is 0 Å². The van der Waals surface area contributed by atoms with Gasteiger partial charge in [0.05, 0.1) is 6.61 Å². The van der Waals surface area contributed by atoms with Gasteiger partial charge in [-0.25, -0.2) is 10.8 Å². The molecule has 0 bridgehead atoms. The Kier molecular flexibility index (Phi) is 7.60. The monoisotopic (exact) mass is 280 g/mol. The molecule has 6 nitrogen and oxygen atoms in total. The van der Waals surface area contributed by atoms with Gasteiger partial charge in [0.15, 0.2) is 0 Å². The molecule has 1 rings (SSSR count). The maximum absolute atomic E-state index is 12.0. The second kappa shape index (κ2) is 9.28. The fraction of sp³-hybridized carbons (Fsp3) is 0.571. The number of carbonyl (C=O) groups is 1. The van der Waals surface area contributed by atoms with Gasteiger partial charge >= 0.3 is 0 Å². The molecule has 0 saturated heterocycles. The molecule has 112 valence electrons. The predicted molar refractivity (Wildman–Crippen MR) is 79.5 cm³/mol. The van der Waals surface area contributed by atoms with Gasteiger partial charge in [-0.15, -0.1) is 0 Å². The van der Waals surface area contributed by atoms with E-state index in [0.29, 0.717) is 24.5 Å². The van der Waals surface area contributed by atoms with Crippen LogP contribution < -0.4 is 16.6 Å². The van der Waals surface area contributed by atoms with Crippen LogP contribution in [0.3, 0.4) is 0 Å². The number of aromatic nitrogens is 1. The number of amides is 1.